The van der Waals surface area contributed by atoms with Gasteiger partial charge >= 0.3 is 5.97 Å². The summed E-state index contributed by atoms with van der Waals surface area (Å²) in [7, 11) is 0. The van der Waals surface area contributed by atoms with E-state index in [0.717, 1.165) is 0 Å². The molecule has 0 aromatic heterocycles. The Balaban J connectivity index is 1.84. The Morgan fingerprint density at radius 3 is 2.39 bits per heavy atom. The van der Waals surface area contributed by atoms with Crippen LogP contribution in [0.25, 0.3) is 0 Å². The Labute approximate surface area is 166 Å². The largest absolute Gasteiger partial charge is 0.462 e. The quantitative estimate of drug-likeness (QED) is 0.586. The average Bonchev–Trinajstić information content (AvgIpc) is 2.72. The zero-order valence-electron chi connectivity index (χ0n) is 17.6. The fraction of sp³-hybridized carbons (Fsp3) is 0.909. The van der Waals surface area contributed by atoms with Crippen LogP contribution in [0.1, 0.15) is 66.7 Å². The van der Waals surface area contributed by atoms with Crippen molar-refractivity contribution in [2.24, 2.45) is 34.0 Å². The molecule has 4 aliphatic carbocycles. The van der Waals surface area contributed by atoms with E-state index in [0.29, 0.717) is 32.1 Å². The highest BCUT2D eigenvalue weighted by molar-refractivity contribution is 5.93. The zero-order valence-corrected chi connectivity index (χ0v) is 17.6. The van der Waals surface area contributed by atoms with Crippen molar-refractivity contribution >= 4 is 11.8 Å². The van der Waals surface area contributed by atoms with Crippen LogP contribution in [-0.4, -0.2) is 51.0 Å². The summed E-state index contributed by atoms with van der Waals surface area (Å²) >= 11 is 0. The van der Waals surface area contributed by atoms with Gasteiger partial charge in [-0.3, -0.25) is 9.59 Å². The summed E-state index contributed by atoms with van der Waals surface area (Å²) in [5.74, 6) is -1.21. The maximum atomic E-state index is 13.4. The number of aliphatic hydroxyl groups excluding tert-OH is 2. The second-order valence-corrected chi connectivity index (χ2v) is 10.7. The van der Waals surface area contributed by atoms with Gasteiger partial charge in [-0.1, -0.05) is 27.7 Å². The first-order chi connectivity index (χ1) is 12.9. The Hall–Kier alpha value is -0.980. The molecule has 4 fully saturated rings. The van der Waals surface area contributed by atoms with Crippen molar-refractivity contribution in [1.82, 2.24) is 0 Å². The lowest BCUT2D eigenvalue weighted by Crippen LogP contribution is -2.77. The second-order valence-electron chi connectivity index (χ2n) is 10.7. The number of fused-ring (bicyclic) bond motifs is 3. The van der Waals surface area contributed by atoms with Crippen molar-refractivity contribution in [3.05, 3.63) is 0 Å². The number of carbonyl (C=O) groups is 2. The van der Waals surface area contributed by atoms with Crippen LogP contribution < -0.4 is 0 Å². The normalized spacial score (nSPS) is 54.6. The minimum Gasteiger partial charge on any atom is -0.462 e. The summed E-state index contributed by atoms with van der Waals surface area (Å²) in [6, 6.07) is 0. The molecule has 4 rings (SSSR count). The van der Waals surface area contributed by atoms with E-state index < -0.39 is 34.1 Å². The van der Waals surface area contributed by atoms with Gasteiger partial charge in [0.15, 0.2) is 0 Å². The first-order valence-corrected chi connectivity index (χ1v) is 10.7. The van der Waals surface area contributed by atoms with Gasteiger partial charge in [0.05, 0.1) is 17.8 Å². The van der Waals surface area contributed by atoms with Gasteiger partial charge in [0.1, 0.15) is 17.3 Å². The SMILES string of the molecule is CC(=O)O[C@H]1CC[C@]2(C)[C@H](C[C@@H](O)[C@]34C(=O)[C@H](C)[C@H](CC[C@@]23O)C4O)C1(C)C. The van der Waals surface area contributed by atoms with Crippen molar-refractivity contribution in [3.63, 3.8) is 0 Å². The van der Waals surface area contributed by atoms with Gasteiger partial charge in [0.25, 0.3) is 0 Å². The van der Waals surface area contributed by atoms with Crippen LogP contribution in [0.5, 0.6) is 0 Å². The molecule has 158 valence electrons. The highest BCUT2D eigenvalue weighted by Gasteiger charge is 2.81. The maximum absolute atomic E-state index is 13.4. The Morgan fingerprint density at radius 2 is 1.79 bits per heavy atom. The molecule has 4 aliphatic rings. The molecule has 0 saturated heterocycles. The molecule has 28 heavy (non-hydrogen) atoms. The van der Waals surface area contributed by atoms with Gasteiger partial charge in [-0.2, -0.15) is 0 Å². The van der Waals surface area contributed by atoms with Gasteiger partial charge in [-0.15, -0.1) is 0 Å². The van der Waals surface area contributed by atoms with Crippen molar-refractivity contribution in [1.29, 1.82) is 0 Å². The molecule has 0 heterocycles. The van der Waals surface area contributed by atoms with E-state index in [1.165, 1.54) is 6.92 Å². The summed E-state index contributed by atoms with van der Waals surface area (Å²) in [4.78, 5) is 25.0. The molecule has 1 spiro atoms. The molecule has 6 heteroatoms. The van der Waals surface area contributed by atoms with Crippen molar-refractivity contribution in [2.75, 3.05) is 0 Å². The minimum atomic E-state index is -1.51. The summed E-state index contributed by atoms with van der Waals surface area (Å²) < 4.78 is 5.61. The average molecular weight is 395 g/mol. The van der Waals surface area contributed by atoms with Crippen molar-refractivity contribution < 1.29 is 29.6 Å². The van der Waals surface area contributed by atoms with E-state index in [1.54, 1.807) is 0 Å². The van der Waals surface area contributed by atoms with Gasteiger partial charge in [-0.05, 0) is 43.9 Å². The second kappa shape index (κ2) is 5.79. The van der Waals surface area contributed by atoms with Crippen LogP contribution in [0, 0.1) is 34.0 Å². The lowest BCUT2D eigenvalue weighted by atomic mass is 9.37. The molecular formula is C22H34O6. The number of hydrogen-bond acceptors (Lipinski definition) is 6. The van der Waals surface area contributed by atoms with E-state index in [4.69, 9.17) is 4.74 Å². The monoisotopic (exact) mass is 394 g/mol. The molecule has 4 saturated carbocycles. The number of carbonyl (C=O) groups excluding carboxylic acids is 2. The summed E-state index contributed by atoms with van der Waals surface area (Å²) in [5, 5.41) is 34.7. The van der Waals surface area contributed by atoms with Crippen LogP contribution >= 0.6 is 0 Å². The fourth-order valence-corrected chi connectivity index (χ4v) is 8.06. The lowest BCUT2D eigenvalue weighted by molar-refractivity contribution is -0.313. The molecule has 0 amide bonds. The molecule has 0 radical (unpaired) electrons. The zero-order chi connectivity index (χ0) is 20.9. The predicted molar refractivity (Wildman–Crippen MR) is 101 cm³/mol. The molecule has 3 N–H and O–H groups in total. The van der Waals surface area contributed by atoms with Gasteiger partial charge < -0.3 is 20.1 Å². The highest BCUT2D eigenvalue weighted by atomic mass is 16.5. The highest BCUT2D eigenvalue weighted by Crippen LogP contribution is 2.73. The number of rotatable bonds is 1. The van der Waals surface area contributed by atoms with E-state index in [1.807, 2.05) is 27.7 Å². The number of ether oxygens (including phenoxy) is 1. The first kappa shape index (κ1) is 20.3. The summed E-state index contributed by atoms with van der Waals surface area (Å²) in [5.41, 5.74) is -4.10. The van der Waals surface area contributed by atoms with E-state index in [-0.39, 0.29) is 35.6 Å². The van der Waals surface area contributed by atoms with Gasteiger partial charge in [0.2, 0.25) is 0 Å². The molecule has 0 aromatic carbocycles. The first-order valence-electron chi connectivity index (χ1n) is 10.7. The lowest BCUT2D eigenvalue weighted by Gasteiger charge is -2.69. The van der Waals surface area contributed by atoms with Gasteiger partial charge in [-0.25, -0.2) is 0 Å². The Bertz CT molecular complexity index is 718. The minimum absolute atomic E-state index is 0.142. The van der Waals surface area contributed by atoms with E-state index in [2.05, 4.69) is 0 Å². The fourth-order valence-electron chi connectivity index (χ4n) is 8.06. The molecule has 0 aromatic rings. The van der Waals surface area contributed by atoms with Crippen LogP contribution in [0.15, 0.2) is 0 Å². The number of aliphatic hydroxyl groups is 3. The molecular weight excluding hydrogens is 360 g/mol. The molecule has 2 bridgehead atoms. The third-order valence-electron chi connectivity index (χ3n) is 9.52. The van der Waals surface area contributed by atoms with Crippen LogP contribution in [0.3, 0.4) is 0 Å². The molecule has 9 atom stereocenters. The Kier molecular flexibility index (Phi) is 4.20. The number of hydrogen-bond donors (Lipinski definition) is 3. The van der Waals surface area contributed by atoms with E-state index >= 15 is 0 Å². The molecule has 1 unspecified atom stereocenters. The van der Waals surface area contributed by atoms with Crippen molar-refractivity contribution in [2.45, 2.75) is 90.6 Å². The number of Topliss-reactive ketones (excluding diaryl/α,β-unsaturated/α-hetero) is 1. The van der Waals surface area contributed by atoms with Crippen LogP contribution in [-0.2, 0) is 14.3 Å². The van der Waals surface area contributed by atoms with E-state index in [9.17, 15) is 24.9 Å². The third kappa shape index (κ3) is 2.00. The number of esters is 1. The summed E-state index contributed by atoms with van der Waals surface area (Å²) in [6.07, 6.45) is 0.0502. The molecule has 6 nitrogen and oxygen atoms in total. The smallest absolute Gasteiger partial charge is 0.302 e. The topological polar surface area (TPSA) is 104 Å². The van der Waals surface area contributed by atoms with Crippen LogP contribution in [0.4, 0.5) is 0 Å². The molecule has 0 aliphatic heterocycles. The Morgan fingerprint density at radius 1 is 1.14 bits per heavy atom. The van der Waals surface area contributed by atoms with Gasteiger partial charge in [0, 0.05) is 23.7 Å². The number of ketones is 1. The third-order valence-corrected chi connectivity index (χ3v) is 9.52. The van der Waals surface area contributed by atoms with Crippen molar-refractivity contribution in [3.8, 4) is 0 Å². The standard InChI is InChI=1S/C22H34O6/c1-11-13-6-9-21(27)20(5)8-7-16(28-12(2)23)19(3,4)14(20)10-15(24)22(21,17(11)25)18(13)26/h11,13-16,18,24,26-27H,6-10H2,1-5H3/t11-,13+,14-,15-,16+,18?,20-,21-,22-/m1/s1. The predicted octanol–water partition coefficient (Wildman–Crippen LogP) is 1.83. The maximum Gasteiger partial charge on any atom is 0.302 e. The van der Waals surface area contributed by atoms with Crippen LogP contribution in [0.2, 0.25) is 0 Å². The summed E-state index contributed by atoms with van der Waals surface area (Å²) in [6.45, 7) is 9.29.